The Balaban J connectivity index is 1.78. The number of nitrogens with zero attached hydrogens (tertiary/aromatic N) is 2. The van der Waals surface area contributed by atoms with E-state index >= 15 is 0 Å². The fourth-order valence-electron chi connectivity index (χ4n) is 4.08. The van der Waals surface area contributed by atoms with Crippen LogP contribution in [0.25, 0.3) is 11.8 Å². The lowest BCUT2D eigenvalue weighted by Crippen LogP contribution is -2.54. The number of imide groups is 2. The van der Waals surface area contributed by atoms with Crippen molar-refractivity contribution >= 4 is 52.8 Å². The van der Waals surface area contributed by atoms with Gasteiger partial charge in [0.05, 0.1) is 15.7 Å². The average Bonchev–Trinajstić information content (AvgIpc) is 2.99. The van der Waals surface area contributed by atoms with Gasteiger partial charge in [-0.25, -0.2) is 9.69 Å². The summed E-state index contributed by atoms with van der Waals surface area (Å²) in [6.45, 7) is 7.54. The first-order chi connectivity index (χ1) is 15.6. The Bertz CT molecular complexity index is 1350. The zero-order valence-electron chi connectivity index (χ0n) is 18.5. The monoisotopic (exact) mass is 481 g/mol. The van der Waals surface area contributed by atoms with E-state index in [1.165, 1.54) is 6.08 Å². The molecule has 0 atom stereocenters. The first-order valence-electron chi connectivity index (χ1n) is 10.2. The summed E-state index contributed by atoms with van der Waals surface area (Å²) < 4.78 is 1.95. The number of carbonyl (C=O) groups excluding carboxylic acids is 3. The van der Waals surface area contributed by atoms with Crippen LogP contribution in [0.4, 0.5) is 10.5 Å². The molecule has 0 spiro atoms. The van der Waals surface area contributed by atoms with Gasteiger partial charge >= 0.3 is 6.03 Å². The molecule has 0 bridgehead atoms. The van der Waals surface area contributed by atoms with Gasteiger partial charge in [0, 0.05) is 17.1 Å². The van der Waals surface area contributed by atoms with Gasteiger partial charge in [0.1, 0.15) is 5.57 Å². The Morgan fingerprint density at radius 3 is 2.12 bits per heavy atom. The molecule has 1 aliphatic heterocycles. The minimum atomic E-state index is -0.770. The molecule has 4 amide bonds. The second kappa shape index (κ2) is 8.54. The molecule has 0 radical (unpaired) electrons. The number of barbiturate groups is 1. The third-order valence-corrected chi connectivity index (χ3v) is 6.24. The van der Waals surface area contributed by atoms with E-state index in [1.54, 1.807) is 24.3 Å². The lowest BCUT2D eigenvalue weighted by molar-refractivity contribution is -0.122. The van der Waals surface area contributed by atoms with Crippen molar-refractivity contribution in [2.75, 3.05) is 4.90 Å². The fraction of sp³-hybridized carbons (Fsp3) is 0.160. The van der Waals surface area contributed by atoms with E-state index in [0.29, 0.717) is 21.3 Å². The Labute approximate surface area is 201 Å². The molecule has 0 unspecified atom stereocenters. The molecule has 6 nitrogen and oxygen atoms in total. The predicted octanol–water partition coefficient (Wildman–Crippen LogP) is 5.68. The molecule has 2 aromatic carbocycles. The number of benzene rings is 2. The molecule has 2 heterocycles. The molecule has 4 rings (SSSR count). The molecule has 3 aromatic rings. The highest BCUT2D eigenvalue weighted by Crippen LogP contribution is 2.29. The number of carbonyl (C=O) groups is 3. The summed E-state index contributed by atoms with van der Waals surface area (Å²) in [4.78, 5) is 39.4. The summed E-state index contributed by atoms with van der Waals surface area (Å²) in [6, 6.07) is 11.8. The number of aryl methyl sites for hydroxylation is 3. The molecular weight excluding hydrogens is 461 g/mol. The second-order valence-electron chi connectivity index (χ2n) is 8.06. The predicted molar refractivity (Wildman–Crippen MR) is 130 cm³/mol. The van der Waals surface area contributed by atoms with Gasteiger partial charge in [-0.3, -0.25) is 14.9 Å². The lowest BCUT2D eigenvalue weighted by Gasteiger charge is -2.27. The number of rotatable bonds is 3. The quantitative estimate of drug-likeness (QED) is 0.386. The highest BCUT2D eigenvalue weighted by Gasteiger charge is 2.37. The Morgan fingerprint density at radius 2 is 1.48 bits per heavy atom. The fourth-order valence-corrected chi connectivity index (χ4v) is 4.37. The minimum absolute atomic E-state index is 0.122. The van der Waals surface area contributed by atoms with E-state index in [-0.39, 0.29) is 5.57 Å². The third-order valence-electron chi connectivity index (χ3n) is 5.50. The number of amides is 4. The molecule has 8 heteroatoms. The number of hydrogen-bond donors (Lipinski definition) is 1. The van der Waals surface area contributed by atoms with Crippen molar-refractivity contribution in [1.29, 1.82) is 0 Å². The van der Waals surface area contributed by atoms with E-state index in [1.807, 2.05) is 50.5 Å². The van der Waals surface area contributed by atoms with Crippen LogP contribution in [0.3, 0.4) is 0 Å². The van der Waals surface area contributed by atoms with Gasteiger partial charge in [0.2, 0.25) is 0 Å². The maximum Gasteiger partial charge on any atom is 0.335 e. The Hall–Kier alpha value is -3.35. The largest absolute Gasteiger partial charge is 0.335 e. The molecule has 168 valence electrons. The maximum atomic E-state index is 13.3. The smallest absolute Gasteiger partial charge is 0.318 e. The Kier molecular flexibility index (Phi) is 5.91. The number of halogens is 2. The van der Waals surface area contributed by atoms with Crippen LogP contribution in [0.15, 0.2) is 48.0 Å². The van der Waals surface area contributed by atoms with Gasteiger partial charge < -0.3 is 4.57 Å². The van der Waals surface area contributed by atoms with Crippen LogP contribution in [0.2, 0.25) is 10.0 Å². The van der Waals surface area contributed by atoms with E-state index in [9.17, 15) is 14.4 Å². The maximum absolute atomic E-state index is 13.3. The average molecular weight is 482 g/mol. The van der Waals surface area contributed by atoms with E-state index in [2.05, 4.69) is 5.32 Å². The molecule has 1 aromatic heterocycles. The van der Waals surface area contributed by atoms with Crippen LogP contribution in [0.1, 0.15) is 28.1 Å². The van der Waals surface area contributed by atoms with Crippen LogP contribution in [-0.2, 0) is 9.59 Å². The zero-order chi connectivity index (χ0) is 24.0. The normalized spacial score (nSPS) is 15.4. The van der Waals surface area contributed by atoms with Crippen molar-refractivity contribution in [1.82, 2.24) is 9.88 Å². The van der Waals surface area contributed by atoms with Crippen molar-refractivity contribution in [2.45, 2.75) is 27.7 Å². The molecule has 33 heavy (non-hydrogen) atoms. The minimum Gasteiger partial charge on any atom is -0.318 e. The number of hydrogen-bond acceptors (Lipinski definition) is 3. The van der Waals surface area contributed by atoms with Crippen LogP contribution in [0.5, 0.6) is 0 Å². The topological polar surface area (TPSA) is 71.4 Å². The first-order valence-corrected chi connectivity index (χ1v) is 11.0. The molecule has 0 saturated carbocycles. The first kappa shape index (κ1) is 22.8. The highest BCUT2D eigenvalue weighted by atomic mass is 35.5. The van der Waals surface area contributed by atoms with Crippen molar-refractivity contribution in [3.63, 3.8) is 0 Å². The van der Waals surface area contributed by atoms with Gasteiger partial charge in [-0.1, -0.05) is 29.3 Å². The van der Waals surface area contributed by atoms with Gasteiger partial charge in [-0.2, -0.15) is 0 Å². The number of urea groups is 1. The van der Waals surface area contributed by atoms with Gasteiger partial charge in [-0.05, 0) is 86.9 Å². The third kappa shape index (κ3) is 4.19. The summed E-state index contributed by atoms with van der Waals surface area (Å²) in [5.41, 5.74) is 5.24. The van der Waals surface area contributed by atoms with Crippen LogP contribution in [0, 0.1) is 27.7 Å². The van der Waals surface area contributed by atoms with Crippen molar-refractivity contribution < 1.29 is 14.4 Å². The van der Waals surface area contributed by atoms with Crippen molar-refractivity contribution in [2.24, 2.45) is 0 Å². The second-order valence-corrected chi connectivity index (χ2v) is 8.88. The molecule has 1 fully saturated rings. The highest BCUT2D eigenvalue weighted by molar-refractivity contribution is 6.42. The Morgan fingerprint density at radius 1 is 0.818 bits per heavy atom. The summed E-state index contributed by atoms with van der Waals surface area (Å²) in [5.74, 6) is -1.40. The van der Waals surface area contributed by atoms with Crippen molar-refractivity contribution in [3.05, 3.63) is 86.2 Å². The van der Waals surface area contributed by atoms with E-state index in [0.717, 1.165) is 33.1 Å². The number of anilines is 1. The lowest BCUT2D eigenvalue weighted by atomic mass is 10.1. The van der Waals surface area contributed by atoms with Gasteiger partial charge in [-0.15, -0.1) is 0 Å². The molecule has 0 aliphatic carbocycles. The summed E-state index contributed by atoms with van der Waals surface area (Å²) in [5, 5.41) is 3.15. The SMILES string of the molecule is Cc1cc(C)cc(N2C(=O)NC(=O)/C(=C/c3cc(C)n(-c4ccc(Cl)c(Cl)c4)c3C)C2=O)c1. The summed E-state index contributed by atoms with van der Waals surface area (Å²) in [6.07, 6.45) is 1.51. The number of nitrogens with one attached hydrogen (secondary N) is 1. The van der Waals surface area contributed by atoms with Crippen molar-refractivity contribution in [3.8, 4) is 5.69 Å². The molecule has 1 N–H and O–H groups in total. The molecular formula is C25H21Cl2N3O3. The van der Waals surface area contributed by atoms with Crippen LogP contribution < -0.4 is 10.2 Å². The molecule has 1 aliphatic rings. The zero-order valence-corrected chi connectivity index (χ0v) is 20.0. The van der Waals surface area contributed by atoms with Crippen LogP contribution >= 0.6 is 23.2 Å². The standard InChI is InChI=1S/C25H21Cl2N3O3/c1-13-7-14(2)9-19(8-13)30-24(32)20(23(31)28-25(30)33)11-17-10-15(3)29(16(17)4)18-5-6-21(26)22(27)12-18/h5-12H,1-4H3,(H,28,31,33)/b20-11-. The summed E-state index contributed by atoms with van der Waals surface area (Å²) in [7, 11) is 0. The van der Waals surface area contributed by atoms with E-state index < -0.39 is 17.8 Å². The molecule has 1 saturated heterocycles. The summed E-state index contributed by atoms with van der Waals surface area (Å²) >= 11 is 12.2. The van der Waals surface area contributed by atoms with Crippen LogP contribution in [-0.4, -0.2) is 22.4 Å². The number of aromatic nitrogens is 1. The van der Waals surface area contributed by atoms with Gasteiger partial charge in [0.15, 0.2) is 0 Å². The van der Waals surface area contributed by atoms with Gasteiger partial charge in [0.25, 0.3) is 11.8 Å². The van der Waals surface area contributed by atoms with E-state index in [4.69, 9.17) is 23.2 Å².